The molecule has 2 aromatic rings. The van der Waals surface area contributed by atoms with Crippen LogP contribution < -0.4 is 10.1 Å². The summed E-state index contributed by atoms with van der Waals surface area (Å²) in [7, 11) is -1.16. The fourth-order valence-electron chi connectivity index (χ4n) is 2.86. The van der Waals surface area contributed by atoms with Gasteiger partial charge in [0.1, 0.15) is 11.4 Å². The van der Waals surface area contributed by atoms with Gasteiger partial charge in [-0.2, -0.15) is 8.42 Å². The van der Waals surface area contributed by atoms with Crippen LogP contribution >= 0.6 is 0 Å². The highest BCUT2D eigenvalue weighted by molar-refractivity contribution is 7.88. The molecule has 0 saturated heterocycles. The van der Waals surface area contributed by atoms with E-state index in [1.54, 1.807) is 37.4 Å². The lowest BCUT2D eigenvalue weighted by atomic mass is 10.1. The lowest BCUT2D eigenvalue weighted by Crippen LogP contribution is -2.35. The molecular formula is C20H21N3O4S. The molecule has 1 amide bonds. The number of amides is 1. The molecule has 2 aromatic carbocycles. The van der Waals surface area contributed by atoms with Crippen molar-refractivity contribution in [3.05, 3.63) is 70.9 Å². The zero-order valence-corrected chi connectivity index (χ0v) is 16.9. The first-order chi connectivity index (χ1) is 13.2. The predicted molar refractivity (Wildman–Crippen MR) is 109 cm³/mol. The maximum atomic E-state index is 12.8. The second-order valence-electron chi connectivity index (χ2n) is 6.46. The minimum Gasteiger partial charge on any atom is -0.496 e. The van der Waals surface area contributed by atoms with E-state index in [9.17, 15) is 13.2 Å². The van der Waals surface area contributed by atoms with Crippen molar-refractivity contribution in [2.24, 2.45) is 4.40 Å². The van der Waals surface area contributed by atoms with Crippen LogP contribution in [0.4, 0.5) is 5.69 Å². The summed E-state index contributed by atoms with van der Waals surface area (Å²) in [6, 6.07) is 12.5. The zero-order chi connectivity index (χ0) is 20.5. The van der Waals surface area contributed by atoms with E-state index in [0.717, 1.165) is 15.4 Å². The zero-order valence-electron chi connectivity index (χ0n) is 16.1. The number of aryl methyl sites for hydroxylation is 2. The Morgan fingerprint density at radius 2 is 1.89 bits per heavy atom. The molecule has 0 unspecified atom stereocenters. The molecule has 0 radical (unpaired) electrons. The molecule has 3 rings (SSSR count). The van der Waals surface area contributed by atoms with Crippen molar-refractivity contribution >= 4 is 27.5 Å². The molecule has 1 N–H and O–H groups in total. The molecule has 28 heavy (non-hydrogen) atoms. The average molecular weight is 399 g/mol. The first-order valence-electron chi connectivity index (χ1n) is 8.55. The monoisotopic (exact) mass is 399 g/mol. The number of nitrogens with one attached hydrogen (secondary N) is 1. The number of nitrogens with zero attached hydrogens (tertiary/aromatic N) is 2. The number of ether oxygens (including phenoxy) is 1. The maximum absolute atomic E-state index is 12.8. The van der Waals surface area contributed by atoms with Crippen LogP contribution in [-0.4, -0.2) is 38.5 Å². The topological polar surface area (TPSA) is 88.1 Å². The second kappa shape index (κ2) is 7.47. The van der Waals surface area contributed by atoms with E-state index < -0.39 is 16.1 Å². The van der Waals surface area contributed by atoms with Gasteiger partial charge in [-0.1, -0.05) is 12.1 Å². The second-order valence-corrected chi connectivity index (χ2v) is 8.09. The third-order valence-corrected chi connectivity index (χ3v) is 5.69. The Labute approximate surface area is 164 Å². The largest absolute Gasteiger partial charge is 0.496 e. The average Bonchev–Trinajstić information content (AvgIpc) is 2.63. The molecule has 0 saturated carbocycles. The number of carbonyl (C=O) groups excluding carboxylic acids is 1. The molecule has 7 nitrogen and oxygen atoms in total. The van der Waals surface area contributed by atoms with Gasteiger partial charge in [0, 0.05) is 18.3 Å². The third kappa shape index (κ3) is 3.91. The Morgan fingerprint density at radius 3 is 2.54 bits per heavy atom. The quantitative estimate of drug-likeness (QED) is 0.856. The standard InChI is InChI=1S/C20H21N3O4S/c1-13-6-5-7-16(10-13)21-20(24)18-12-17(22-28(25,26)23(18)3)15-8-9-19(27-4)14(2)11-15/h5-12H,1-4H3,(H,21,24). The molecule has 0 atom stereocenters. The molecule has 1 aliphatic rings. The smallest absolute Gasteiger partial charge is 0.345 e. The van der Waals surface area contributed by atoms with Crippen LogP contribution in [-0.2, 0) is 15.0 Å². The summed E-state index contributed by atoms with van der Waals surface area (Å²) in [5.41, 5.74) is 3.15. The molecule has 1 heterocycles. The molecule has 0 aliphatic carbocycles. The number of carbonyl (C=O) groups is 1. The Bertz CT molecular complexity index is 1100. The minimum absolute atomic E-state index is 0.0139. The fraction of sp³-hybridized carbons (Fsp3) is 0.200. The first-order valence-corrected chi connectivity index (χ1v) is 9.94. The summed E-state index contributed by atoms with van der Waals surface area (Å²) in [5, 5.41) is 2.73. The molecule has 8 heteroatoms. The number of benzene rings is 2. The molecule has 0 bridgehead atoms. The van der Waals surface area contributed by atoms with Gasteiger partial charge < -0.3 is 10.1 Å². The number of allylic oxidation sites excluding steroid dienone is 1. The third-order valence-electron chi connectivity index (χ3n) is 4.37. The summed E-state index contributed by atoms with van der Waals surface area (Å²) in [6.45, 7) is 3.75. The SMILES string of the molecule is COc1ccc(C2=NS(=O)(=O)N(C)C(C(=O)Nc3cccc(C)c3)=C2)cc1C. The van der Waals surface area contributed by atoms with Crippen LogP contribution in [0.1, 0.15) is 16.7 Å². The lowest BCUT2D eigenvalue weighted by Gasteiger charge is -2.24. The molecule has 0 aromatic heterocycles. The van der Waals surface area contributed by atoms with Crippen LogP contribution in [0.3, 0.4) is 0 Å². The minimum atomic E-state index is -4.02. The number of hydrogen-bond donors (Lipinski definition) is 1. The molecular weight excluding hydrogens is 378 g/mol. The highest BCUT2D eigenvalue weighted by Gasteiger charge is 2.30. The van der Waals surface area contributed by atoms with Crippen molar-refractivity contribution in [3.8, 4) is 5.75 Å². The normalized spacial score (nSPS) is 15.5. The van der Waals surface area contributed by atoms with E-state index in [1.165, 1.54) is 13.1 Å². The van der Waals surface area contributed by atoms with Crippen molar-refractivity contribution in [2.45, 2.75) is 13.8 Å². The van der Waals surface area contributed by atoms with Crippen LogP contribution in [0.25, 0.3) is 0 Å². The molecule has 0 fully saturated rings. The fourth-order valence-corrected chi connectivity index (χ4v) is 3.77. The van der Waals surface area contributed by atoms with Gasteiger partial charge in [0.05, 0.1) is 12.8 Å². The van der Waals surface area contributed by atoms with Crippen LogP contribution in [0.5, 0.6) is 5.75 Å². The van der Waals surface area contributed by atoms with Crippen molar-refractivity contribution < 1.29 is 17.9 Å². The van der Waals surface area contributed by atoms with Crippen molar-refractivity contribution in [2.75, 3.05) is 19.5 Å². The predicted octanol–water partition coefficient (Wildman–Crippen LogP) is 2.81. The Kier molecular flexibility index (Phi) is 5.24. The van der Waals surface area contributed by atoms with Gasteiger partial charge >= 0.3 is 10.2 Å². The molecule has 0 spiro atoms. The highest BCUT2D eigenvalue weighted by Crippen LogP contribution is 2.24. The van der Waals surface area contributed by atoms with E-state index >= 15 is 0 Å². The maximum Gasteiger partial charge on any atom is 0.345 e. The highest BCUT2D eigenvalue weighted by atomic mass is 32.2. The number of rotatable bonds is 4. The van der Waals surface area contributed by atoms with Gasteiger partial charge in [-0.3, -0.25) is 4.79 Å². The van der Waals surface area contributed by atoms with E-state index in [0.29, 0.717) is 17.0 Å². The van der Waals surface area contributed by atoms with Gasteiger partial charge in [0.15, 0.2) is 0 Å². The van der Waals surface area contributed by atoms with Crippen molar-refractivity contribution in [1.29, 1.82) is 0 Å². The van der Waals surface area contributed by atoms with Crippen LogP contribution in [0, 0.1) is 13.8 Å². The van der Waals surface area contributed by atoms with E-state index in [1.807, 2.05) is 26.0 Å². The van der Waals surface area contributed by atoms with Gasteiger partial charge in [0.25, 0.3) is 5.91 Å². The van der Waals surface area contributed by atoms with Gasteiger partial charge in [-0.25, -0.2) is 4.31 Å². The number of anilines is 1. The Hall–Kier alpha value is -3.13. The van der Waals surface area contributed by atoms with E-state index in [-0.39, 0.29) is 11.4 Å². The lowest BCUT2D eigenvalue weighted by molar-refractivity contribution is -0.113. The summed E-state index contributed by atoms with van der Waals surface area (Å²) >= 11 is 0. The number of methoxy groups -OCH3 is 1. The molecule has 1 aliphatic heterocycles. The van der Waals surface area contributed by atoms with Crippen LogP contribution in [0.15, 0.2) is 58.6 Å². The Balaban J connectivity index is 1.99. The van der Waals surface area contributed by atoms with E-state index in [4.69, 9.17) is 4.74 Å². The van der Waals surface area contributed by atoms with Crippen LogP contribution in [0.2, 0.25) is 0 Å². The first kappa shape index (κ1) is 19.6. The molecule has 146 valence electrons. The van der Waals surface area contributed by atoms with Crippen molar-refractivity contribution in [1.82, 2.24) is 4.31 Å². The van der Waals surface area contributed by atoms with E-state index in [2.05, 4.69) is 9.71 Å². The summed E-state index contributed by atoms with van der Waals surface area (Å²) in [5.74, 6) is 0.149. The summed E-state index contributed by atoms with van der Waals surface area (Å²) in [6.07, 6.45) is 1.47. The van der Waals surface area contributed by atoms with Crippen molar-refractivity contribution in [3.63, 3.8) is 0 Å². The van der Waals surface area contributed by atoms with Gasteiger partial charge in [-0.05, 0) is 61.4 Å². The summed E-state index contributed by atoms with van der Waals surface area (Å²) < 4.78 is 34.9. The van der Waals surface area contributed by atoms with Gasteiger partial charge in [-0.15, -0.1) is 4.40 Å². The Morgan fingerprint density at radius 1 is 1.14 bits per heavy atom. The number of likely N-dealkylation sites (N-methyl/N-ethyl adjacent to an activating group) is 1. The number of hydrogen-bond acceptors (Lipinski definition) is 4. The summed E-state index contributed by atoms with van der Waals surface area (Å²) in [4.78, 5) is 12.8. The van der Waals surface area contributed by atoms with Gasteiger partial charge in [0.2, 0.25) is 0 Å².